The third-order valence-corrected chi connectivity index (χ3v) is 4.23. The van der Waals surface area contributed by atoms with Gasteiger partial charge in [0.2, 0.25) is 10.0 Å². The monoisotopic (exact) mass is 243 g/mol. The molecule has 0 aromatic heterocycles. The Morgan fingerprint density at radius 2 is 1.94 bits per heavy atom. The number of methoxy groups -OCH3 is 1. The quantitative estimate of drug-likeness (QED) is 0.805. The van der Waals surface area contributed by atoms with Crippen LogP contribution in [0.15, 0.2) is 23.1 Å². The second kappa shape index (κ2) is 4.84. The van der Waals surface area contributed by atoms with Crippen LogP contribution in [0.3, 0.4) is 0 Å². The van der Waals surface area contributed by atoms with Crippen molar-refractivity contribution in [3.05, 3.63) is 23.8 Å². The van der Waals surface area contributed by atoms with Crippen molar-refractivity contribution in [1.29, 1.82) is 0 Å². The van der Waals surface area contributed by atoms with E-state index in [0.717, 1.165) is 12.0 Å². The van der Waals surface area contributed by atoms with Crippen LogP contribution in [0.5, 0.6) is 5.75 Å². The van der Waals surface area contributed by atoms with Crippen LogP contribution in [-0.2, 0) is 16.4 Å². The van der Waals surface area contributed by atoms with Crippen molar-refractivity contribution in [2.45, 2.75) is 18.2 Å². The lowest BCUT2D eigenvalue weighted by Crippen LogP contribution is -2.22. The molecule has 0 aliphatic rings. The normalized spacial score (nSPS) is 11.8. The largest absolute Gasteiger partial charge is 0.496 e. The summed E-state index contributed by atoms with van der Waals surface area (Å²) in [6.45, 7) is 2.00. The minimum Gasteiger partial charge on any atom is -0.496 e. The zero-order chi connectivity index (χ0) is 12.3. The molecule has 5 heteroatoms. The standard InChI is InChI=1S/C11H17NO3S/c1-5-9-6-7-10(8-11(9)15-4)16(13,14)12(2)3/h6-8H,5H2,1-4H3. The molecule has 1 aromatic rings. The van der Waals surface area contributed by atoms with Gasteiger partial charge in [-0.15, -0.1) is 0 Å². The first-order chi connectivity index (χ1) is 7.43. The van der Waals surface area contributed by atoms with Crippen LogP contribution in [0.1, 0.15) is 12.5 Å². The third-order valence-electron chi connectivity index (χ3n) is 2.42. The molecular formula is C11H17NO3S. The van der Waals surface area contributed by atoms with Gasteiger partial charge in [0.05, 0.1) is 12.0 Å². The predicted molar refractivity (Wildman–Crippen MR) is 63.2 cm³/mol. The molecule has 0 bridgehead atoms. The number of rotatable bonds is 4. The Kier molecular flexibility index (Phi) is 3.93. The van der Waals surface area contributed by atoms with E-state index in [-0.39, 0.29) is 4.90 Å². The van der Waals surface area contributed by atoms with Gasteiger partial charge in [0.15, 0.2) is 0 Å². The van der Waals surface area contributed by atoms with Crippen LogP contribution >= 0.6 is 0 Å². The van der Waals surface area contributed by atoms with Crippen LogP contribution < -0.4 is 4.74 Å². The number of hydrogen-bond acceptors (Lipinski definition) is 3. The van der Waals surface area contributed by atoms with Crippen molar-refractivity contribution in [2.24, 2.45) is 0 Å². The minimum atomic E-state index is -3.38. The Bertz CT molecular complexity index is 466. The highest BCUT2D eigenvalue weighted by Crippen LogP contribution is 2.24. The highest BCUT2D eigenvalue weighted by molar-refractivity contribution is 7.89. The molecule has 0 heterocycles. The molecule has 0 saturated heterocycles. The molecule has 0 atom stereocenters. The molecule has 16 heavy (non-hydrogen) atoms. The summed E-state index contributed by atoms with van der Waals surface area (Å²) in [5.74, 6) is 0.616. The number of hydrogen-bond donors (Lipinski definition) is 0. The van der Waals surface area contributed by atoms with Gasteiger partial charge in [0, 0.05) is 20.2 Å². The van der Waals surface area contributed by atoms with Crippen molar-refractivity contribution < 1.29 is 13.2 Å². The van der Waals surface area contributed by atoms with E-state index < -0.39 is 10.0 Å². The Balaban J connectivity index is 3.29. The molecule has 0 saturated carbocycles. The topological polar surface area (TPSA) is 46.6 Å². The summed E-state index contributed by atoms with van der Waals surface area (Å²) in [6.07, 6.45) is 0.811. The van der Waals surface area contributed by atoms with E-state index in [9.17, 15) is 8.42 Å². The van der Waals surface area contributed by atoms with Gasteiger partial charge < -0.3 is 4.74 Å². The summed E-state index contributed by atoms with van der Waals surface area (Å²) in [4.78, 5) is 0.256. The fraction of sp³-hybridized carbons (Fsp3) is 0.455. The molecule has 0 N–H and O–H groups in total. The Labute approximate surface area is 96.9 Å². The molecule has 0 aliphatic heterocycles. The fourth-order valence-electron chi connectivity index (χ4n) is 1.39. The lowest BCUT2D eigenvalue weighted by molar-refractivity contribution is 0.408. The zero-order valence-corrected chi connectivity index (χ0v) is 10.8. The van der Waals surface area contributed by atoms with Gasteiger partial charge in [-0.25, -0.2) is 12.7 Å². The molecule has 0 radical (unpaired) electrons. The van der Waals surface area contributed by atoms with E-state index in [1.807, 2.05) is 6.92 Å². The van der Waals surface area contributed by atoms with Crippen LogP contribution in [0.4, 0.5) is 0 Å². The van der Waals surface area contributed by atoms with Crippen LogP contribution in [0.2, 0.25) is 0 Å². The van der Waals surface area contributed by atoms with Gasteiger partial charge in [-0.2, -0.15) is 0 Å². The summed E-state index contributed by atoms with van der Waals surface area (Å²) in [5.41, 5.74) is 1.00. The lowest BCUT2D eigenvalue weighted by Gasteiger charge is -2.13. The maximum absolute atomic E-state index is 11.9. The maximum Gasteiger partial charge on any atom is 0.242 e. The van der Waals surface area contributed by atoms with Gasteiger partial charge in [-0.05, 0) is 18.1 Å². The Hall–Kier alpha value is -1.07. The van der Waals surface area contributed by atoms with Gasteiger partial charge in [0.25, 0.3) is 0 Å². The summed E-state index contributed by atoms with van der Waals surface area (Å²) in [5, 5.41) is 0. The van der Waals surface area contributed by atoms with Crippen LogP contribution in [0.25, 0.3) is 0 Å². The highest BCUT2D eigenvalue weighted by Gasteiger charge is 2.18. The van der Waals surface area contributed by atoms with Crippen molar-refractivity contribution >= 4 is 10.0 Å². The molecule has 90 valence electrons. The number of benzene rings is 1. The van der Waals surface area contributed by atoms with Gasteiger partial charge in [-0.3, -0.25) is 0 Å². The van der Waals surface area contributed by atoms with Crippen molar-refractivity contribution in [2.75, 3.05) is 21.2 Å². The highest BCUT2D eigenvalue weighted by atomic mass is 32.2. The molecule has 4 nitrogen and oxygen atoms in total. The number of sulfonamides is 1. The minimum absolute atomic E-state index is 0.256. The van der Waals surface area contributed by atoms with E-state index in [4.69, 9.17) is 4.74 Å². The molecular weight excluding hydrogens is 226 g/mol. The second-order valence-corrected chi connectivity index (χ2v) is 5.77. The summed E-state index contributed by atoms with van der Waals surface area (Å²) < 4.78 is 30.1. The molecule has 0 amide bonds. The van der Waals surface area contributed by atoms with Crippen LogP contribution in [-0.4, -0.2) is 33.9 Å². The van der Waals surface area contributed by atoms with Gasteiger partial charge in [-0.1, -0.05) is 13.0 Å². The van der Waals surface area contributed by atoms with Gasteiger partial charge >= 0.3 is 0 Å². The first-order valence-electron chi connectivity index (χ1n) is 5.03. The average molecular weight is 243 g/mol. The Morgan fingerprint density at radius 1 is 1.31 bits per heavy atom. The first-order valence-corrected chi connectivity index (χ1v) is 6.47. The number of aryl methyl sites for hydroxylation is 1. The number of ether oxygens (including phenoxy) is 1. The van der Waals surface area contributed by atoms with E-state index in [0.29, 0.717) is 5.75 Å². The van der Waals surface area contributed by atoms with Crippen molar-refractivity contribution in [3.8, 4) is 5.75 Å². The Morgan fingerprint density at radius 3 is 2.38 bits per heavy atom. The molecule has 0 unspecified atom stereocenters. The summed E-state index contributed by atoms with van der Waals surface area (Å²) >= 11 is 0. The predicted octanol–water partition coefficient (Wildman–Crippen LogP) is 1.51. The molecule has 1 aromatic carbocycles. The molecule has 0 fully saturated rings. The molecule has 0 aliphatic carbocycles. The van der Waals surface area contributed by atoms with Crippen LogP contribution in [0, 0.1) is 0 Å². The summed E-state index contributed by atoms with van der Waals surface area (Å²) in [7, 11) is 1.18. The zero-order valence-electron chi connectivity index (χ0n) is 10.0. The fourth-order valence-corrected chi connectivity index (χ4v) is 2.31. The van der Waals surface area contributed by atoms with E-state index in [2.05, 4.69) is 0 Å². The number of nitrogens with zero attached hydrogens (tertiary/aromatic N) is 1. The average Bonchev–Trinajstić information content (AvgIpc) is 2.27. The summed E-state index contributed by atoms with van der Waals surface area (Å²) in [6, 6.07) is 4.96. The SMILES string of the molecule is CCc1ccc(S(=O)(=O)N(C)C)cc1OC. The van der Waals surface area contributed by atoms with E-state index >= 15 is 0 Å². The first kappa shape index (κ1) is 13.0. The second-order valence-electron chi connectivity index (χ2n) is 3.61. The maximum atomic E-state index is 11.9. The van der Waals surface area contributed by atoms with E-state index in [1.54, 1.807) is 25.3 Å². The smallest absolute Gasteiger partial charge is 0.242 e. The van der Waals surface area contributed by atoms with E-state index in [1.165, 1.54) is 18.4 Å². The van der Waals surface area contributed by atoms with Gasteiger partial charge in [0.1, 0.15) is 5.75 Å². The molecule has 1 rings (SSSR count). The third kappa shape index (κ3) is 2.36. The lowest BCUT2D eigenvalue weighted by atomic mass is 10.1. The molecule has 0 spiro atoms. The van der Waals surface area contributed by atoms with Crippen molar-refractivity contribution in [1.82, 2.24) is 4.31 Å². The van der Waals surface area contributed by atoms with Crippen molar-refractivity contribution in [3.63, 3.8) is 0 Å².